The molecular weight excluding hydrogens is 262 g/mol. The van der Waals surface area contributed by atoms with E-state index in [2.05, 4.69) is 24.1 Å². The van der Waals surface area contributed by atoms with Gasteiger partial charge in [0, 0.05) is 31.7 Å². The monoisotopic (exact) mass is 284 g/mol. The van der Waals surface area contributed by atoms with Crippen LogP contribution < -0.4 is 10.1 Å². The second kappa shape index (κ2) is 6.50. The molecule has 1 aliphatic rings. The molecule has 2 rings (SSSR count). The molecule has 1 fully saturated rings. The van der Waals surface area contributed by atoms with E-state index < -0.39 is 13.0 Å². The van der Waals surface area contributed by atoms with Crippen molar-refractivity contribution in [1.29, 1.82) is 0 Å². The minimum absolute atomic E-state index is 0.137. The highest BCUT2D eigenvalue weighted by molar-refractivity contribution is 5.27. The summed E-state index contributed by atoms with van der Waals surface area (Å²) in [5.41, 5.74) is 1.31. The first kappa shape index (κ1) is 15.2. The Morgan fingerprint density at radius 2 is 2.00 bits per heavy atom. The largest absolute Gasteiger partial charge is 0.488 e. The second-order valence-electron chi connectivity index (χ2n) is 5.87. The van der Waals surface area contributed by atoms with E-state index in [1.54, 1.807) is 12.1 Å². The van der Waals surface area contributed by atoms with Gasteiger partial charge in [0.1, 0.15) is 12.4 Å². The van der Waals surface area contributed by atoms with Gasteiger partial charge in [0.25, 0.3) is 6.43 Å². The highest BCUT2D eigenvalue weighted by Gasteiger charge is 2.25. The first-order chi connectivity index (χ1) is 9.44. The van der Waals surface area contributed by atoms with Crippen LogP contribution in [0.1, 0.15) is 19.4 Å². The summed E-state index contributed by atoms with van der Waals surface area (Å²) in [7, 11) is 0. The standard InChI is InChI=1S/C15H22F2N2O/c1-15(2)11-19(8-7-18-15)9-12-3-5-13(6-4-12)20-10-14(16)17/h3-6,14,18H,7-11H2,1-2H3. The number of alkyl halides is 2. The average molecular weight is 284 g/mol. The van der Waals surface area contributed by atoms with Gasteiger partial charge in [-0.2, -0.15) is 0 Å². The summed E-state index contributed by atoms with van der Waals surface area (Å²) in [4.78, 5) is 2.39. The molecule has 3 nitrogen and oxygen atoms in total. The summed E-state index contributed by atoms with van der Waals surface area (Å²) in [5, 5.41) is 3.48. The Bertz CT molecular complexity index is 420. The number of rotatable bonds is 5. The fraction of sp³-hybridized carbons (Fsp3) is 0.600. The van der Waals surface area contributed by atoms with Crippen molar-refractivity contribution in [1.82, 2.24) is 10.2 Å². The zero-order valence-electron chi connectivity index (χ0n) is 12.0. The number of ether oxygens (including phenoxy) is 1. The summed E-state index contributed by atoms with van der Waals surface area (Å²) in [5.74, 6) is 0.495. The van der Waals surface area contributed by atoms with Gasteiger partial charge in [-0.3, -0.25) is 4.90 Å². The number of nitrogens with zero attached hydrogens (tertiary/aromatic N) is 1. The van der Waals surface area contributed by atoms with Gasteiger partial charge in [0.05, 0.1) is 0 Å². The Kier molecular flexibility index (Phi) is 4.94. The summed E-state index contributed by atoms with van der Waals surface area (Å²) < 4.78 is 29.1. The lowest BCUT2D eigenvalue weighted by atomic mass is 10.0. The highest BCUT2D eigenvalue weighted by atomic mass is 19.3. The van der Waals surface area contributed by atoms with E-state index in [1.165, 1.54) is 5.56 Å². The fourth-order valence-corrected chi connectivity index (χ4v) is 2.49. The molecular formula is C15H22F2N2O. The quantitative estimate of drug-likeness (QED) is 0.899. The molecule has 0 bridgehead atoms. The van der Waals surface area contributed by atoms with Crippen molar-refractivity contribution in [3.8, 4) is 5.75 Å². The zero-order chi connectivity index (χ0) is 14.6. The van der Waals surface area contributed by atoms with Gasteiger partial charge < -0.3 is 10.1 Å². The molecule has 0 saturated carbocycles. The molecule has 0 unspecified atom stereocenters. The van der Waals surface area contributed by atoms with Crippen molar-refractivity contribution < 1.29 is 13.5 Å². The number of hydrogen-bond acceptors (Lipinski definition) is 3. The molecule has 1 heterocycles. The van der Waals surface area contributed by atoms with Crippen LogP contribution in [0.5, 0.6) is 5.75 Å². The Morgan fingerprint density at radius 3 is 2.60 bits per heavy atom. The predicted octanol–water partition coefficient (Wildman–Crippen LogP) is 2.51. The van der Waals surface area contributed by atoms with Crippen molar-refractivity contribution in [2.45, 2.75) is 32.4 Å². The normalized spacial score (nSPS) is 19.2. The fourth-order valence-electron chi connectivity index (χ4n) is 2.49. The first-order valence-corrected chi connectivity index (χ1v) is 6.92. The van der Waals surface area contributed by atoms with Gasteiger partial charge in [0.2, 0.25) is 0 Å². The second-order valence-corrected chi connectivity index (χ2v) is 5.87. The van der Waals surface area contributed by atoms with Gasteiger partial charge in [-0.15, -0.1) is 0 Å². The number of piperazine rings is 1. The van der Waals surface area contributed by atoms with E-state index in [0.29, 0.717) is 5.75 Å². The molecule has 1 aliphatic heterocycles. The Hall–Kier alpha value is -1.20. The van der Waals surface area contributed by atoms with Gasteiger partial charge in [0.15, 0.2) is 0 Å². The third kappa shape index (κ3) is 4.72. The zero-order valence-corrected chi connectivity index (χ0v) is 12.0. The summed E-state index contributed by atoms with van der Waals surface area (Å²) in [6.45, 7) is 7.72. The van der Waals surface area contributed by atoms with Gasteiger partial charge in [-0.05, 0) is 31.5 Å². The molecule has 0 spiro atoms. The lowest BCUT2D eigenvalue weighted by Crippen LogP contribution is -2.56. The maximum Gasteiger partial charge on any atom is 0.272 e. The molecule has 0 aliphatic carbocycles. The van der Waals surface area contributed by atoms with E-state index in [9.17, 15) is 8.78 Å². The molecule has 1 saturated heterocycles. The lowest BCUT2D eigenvalue weighted by Gasteiger charge is -2.39. The van der Waals surface area contributed by atoms with E-state index >= 15 is 0 Å². The van der Waals surface area contributed by atoms with E-state index in [0.717, 1.165) is 26.2 Å². The van der Waals surface area contributed by atoms with Crippen molar-refractivity contribution >= 4 is 0 Å². The molecule has 1 aromatic rings. The Balaban J connectivity index is 1.87. The van der Waals surface area contributed by atoms with Crippen LogP contribution in [0, 0.1) is 0 Å². The number of benzene rings is 1. The van der Waals surface area contributed by atoms with Crippen molar-refractivity contribution in [3.63, 3.8) is 0 Å². The molecule has 1 N–H and O–H groups in total. The molecule has 112 valence electrons. The van der Waals surface area contributed by atoms with Gasteiger partial charge in [-0.1, -0.05) is 12.1 Å². The number of nitrogens with one attached hydrogen (secondary N) is 1. The maximum atomic E-state index is 12.0. The topological polar surface area (TPSA) is 24.5 Å². The maximum absolute atomic E-state index is 12.0. The first-order valence-electron chi connectivity index (χ1n) is 6.92. The minimum atomic E-state index is -2.43. The smallest absolute Gasteiger partial charge is 0.272 e. The van der Waals surface area contributed by atoms with Crippen molar-refractivity contribution in [2.75, 3.05) is 26.2 Å². The van der Waals surface area contributed by atoms with E-state index in [1.807, 2.05) is 12.1 Å². The highest BCUT2D eigenvalue weighted by Crippen LogP contribution is 2.17. The SMILES string of the molecule is CC1(C)CN(Cc2ccc(OCC(F)F)cc2)CCN1. The molecule has 0 atom stereocenters. The van der Waals surface area contributed by atoms with E-state index in [-0.39, 0.29) is 5.54 Å². The molecule has 5 heteroatoms. The predicted molar refractivity (Wildman–Crippen MR) is 75.3 cm³/mol. The van der Waals surface area contributed by atoms with Crippen LogP contribution in [0.3, 0.4) is 0 Å². The molecule has 1 aromatic carbocycles. The van der Waals surface area contributed by atoms with Gasteiger partial charge in [-0.25, -0.2) is 8.78 Å². The van der Waals surface area contributed by atoms with Crippen LogP contribution in [0.15, 0.2) is 24.3 Å². The van der Waals surface area contributed by atoms with Crippen LogP contribution in [-0.2, 0) is 6.54 Å². The third-order valence-corrected chi connectivity index (χ3v) is 3.36. The average Bonchev–Trinajstić information content (AvgIpc) is 2.36. The van der Waals surface area contributed by atoms with Crippen LogP contribution in [0.4, 0.5) is 8.78 Å². The summed E-state index contributed by atoms with van der Waals surface area (Å²) in [6, 6.07) is 7.39. The summed E-state index contributed by atoms with van der Waals surface area (Å²) in [6.07, 6.45) is -2.43. The third-order valence-electron chi connectivity index (χ3n) is 3.36. The van der Waals surface area contributed by atoms with Crippen LogP contribution >= 0.6 is 0 Å². The minimum Gasteiger partial charge on any atom is -0.488 e. The van der Waals surface area contributed by atoms with Crippen molar-refractivity contribution in [2.24, 2.45) is 0 Å². The summed E-state index contributed by atoms with van der Waals surface area (Å²) >= 11 is 0. The molecule has 0 aromatic heterocycles. The Morgan fingerprint density at radius 1 is 1.30 bits per heavy atom. The van der Waals surface area contributed by atoms with Crippen LogP contribution in [0.25, 0.3) is 0 Å². The molecule has 20 heavy (non-hydrogen) atoms. The molecule has 0 radical (unpaired) electrons. The van der Waals surface area contributed by atoms with E-state index in [4.69, 9.17) is 4.74 Å². The van der Waals surface area contributed by atoms with Crippen LogP contribution in [-0.4, -0.2) is 43.1 Å². The van der Waals surface area contributed by atoms with Gasteiger partial charge >= 0.3 is 0 Å². The van der Waals surface area contributed by atoms with Crippen molar-refractivity contribution in [3.05, 3.63) is 29.8 Å². The molecule has 0 amide bonds. The van der Waals surface area contributed by atoms with Crippen LogP contribution in [0.2, 0.25) is 0 Å². The Labute approximate surface area is 118 Å². The number of hydrogen-bond donors (Lipinski definition) is 1. The number of halogens is 2. The lowest BCUT2D eigenvalue weighted by molar-refractivity contribution is 0.0819.